The van der Waals surface area contributed by atoms with Crippen molar-refractivity contribution in [2.45, 2.75) is 13.3 Å². The zero-order valence-electron chi connectivity index (χ0n) is 10.3. The van der Waals surface area contributed by atoms with E-state index in [1.807, 2.05) is 13.0 Å². The Labute approximate surface area is 105 Å². The number of carboxylic acid groups (broad SMARTS) is 1. The fraction of sp³-hybridized carbons (Fsp3) is 0.333. The van der Waals surface area contributed by atoms with Gasteiger partial charge in [-0.2, -0.15) is 0 Å². The van der Waals surface area contributed by atoms with Crippen LogP contribution in [0.3, 0.4) is 0 Å². The highest BCUT2D eigenvalue weighted by Gasteiger charge is 2.08. The number of amides is 2. The van der Waals surface area contributed by atoms with Crippen LogP contribution in [0.1, 0.15) is 12.5 Å². The molecule has 0 unspecified atom stereocenters. The van der Waals surface area contributed by atoms with Crippen molar-refractivity contribution in [3.05, 3.63) is 23.8 Å². The third-order valence-electron chi connectivity index (χ3n) is 2.32. The number of aliphatic carboxylic acids is 1. The molecular formula is C12H16N2O4. The van der Waals surface area contributed by atoms with Crippen LogP contribution in [-0.2, 0) is 11.2 Å². The number of nitrogens with one attached hydrogen (secondary N) is 2. The predicted octanol–water partition coefficient (Wildman–Crippen LogP) is 1.46. The largest absolute Gasteiger partial charge is 0.495 e. The Balaban J connectivity index is 2.75. The third-order valence-corrected chi connectivity index (χ3v) is 2.32. The smallest absolute Gasteiger partial charge is 0.323 e. The van der Waals surface area contributed by atoms with Crippen molar-refractivity contribution in [2.75, 3.05) is 19.0 Å². The van der Waals surface area contributed by atoms with E-state index in [-0.39, 0.29) is 0 Å². The van der Waals surface area contributed by atoms with Gasteiger partial charge in [0.25, 0.3) is 0 Å². The van der Waals surface area contributed by atoms with Crippen molar-refractivity contribution in [1.82, 2.24) is 5.32 Å². The van der Waals surface area contributed by atoms with Gasteiger partial charge in [-0.15, -0.1) is 0 Å². The predicted molar refractivity (Wildman–Crippen MR) is 67.0 cm³/mol. The molecule has 6 nitrogen and oxygen atoms in total. The average molecular weight is 252 g/mol. The van der Waals surface area contributed by atoms with Crippen LogP contribution in [0.5, 0.6) is 5.75 Å². The molecule has 3 N–H and O–H groups in total. The molecule has 18 heavy (non-hydrogen) atoms. The van der Waals surface area contributed by atoms with Gasteiger partial charge in [-0.3, -0.25) is 4.79 Å². The molecule has 0 bridgehead atoms. The van der Waals surface area contributed by atoms with Crippen LogP contribution in [0.25, 0.3) is 0 Å². The third kappa shape index (κ3) is 3.97. The Bertz CT molecular complexity index is 446. The second kappa shape index (κ2) is 6.48. The molecule has 1 rings (SSSR count). The first-order valence-corrected chi connectivity index (χ1v) is 5.50. The summed E-state index contributed by atoms with van der Waals surface area (Å²) in [4.78, 5) is 21.8. The SMILES string of the molecule is CCc1ccc(OC)c(NC(=O)NCC(=O)O)c1. The van der Waals surface area contributed by atoms with Crippen LogP contribution in [-0.4, -0.2) is 30.8 Å². The summed E-state index contributed by atoms with van der Waals surface area (Å²) in [6.45, 7) is 1.57. The molecule has 0 atom stereocenters. The van der Waals surface area contributed by atoms with Crippen LogP contribution in [0.4, 0.5) is 10.5 Å². The summed E-state index contributed by atoms with van der Waals surface area (Å²) in [6.07, 6.45) is 0.829. The van der Waals surface area contributed by atoms with Gasteiger partial charge >= 0.3 is 12.0 Å². The molecule has 0 heterocycles. The van der Waals surface area contributed by atoms with Gasteiger partial charge in [-0.25, -0.2) is 4.79 Å². The Kier molecular flexibility index (Phi) is 4.98. The summed E-state index contributed by atoms with van der Waals surface area (Å²) in [7, 11) is 1.50. The number of anilines is 1. The second-order valence-corrected chi connectivity index (χ2v) is 3.59. The molecule has 0 aliphatic rings. The molecule has 0 saturated carbocycles. The lowest BCUT2D eigenvalue weighted by Gasteiger charge is -2.11. The van der Waals surface area contributed by atoms with E-state index in [0.29, 0.717) is 11.4 Å². The molecule has 1 aromatic rings. The molecule has 6 heteroatoms. The van der Waals surface area contributed by atoms with Crippen molar-refractivity contribution in [3.63, 3.8) is 0 Å². The maximum atomic E-state index is 11.4. The number of ether oxygens (including phenoxy) is 1. The monoisotopic (exact) mass is 252 g/mol. The van der Waals surface area contributed by atoms with Crippen molar-refractivity contribution in [1.29, 1.82) is 0 Å². The van der Waals surface area contributed by atoms with Gasteiger partial charge in [0.2, 0.25) is 0 Å². The lowest BCUT2D eigenvalue weighted by atomic mass is 10.1. The fourth-order valence-electron chi connectivity index (χ4n) is 1.40. The standard InChI is InChI=1S/C12H16N2O4/c1-3-8-4-5-10(18-2)9(6-8)14-12(17)13-7-11(15)16/h4-6H,3,7H2,1-2H3,(H,15,16)(H2,13,14,17). The van der Waals surface area contributed by atoms with E-state index in [1.165, 1.54) is 7.11 Å². The number of aryl methyl sites for hydroxylation is 1. The topological polar surface area (TPSA) is 87.7 Å². The van der Waals surface area contributed by atoms with E-state index in [2.05, 4.69) is 10.6 Å². The summed E-state index contributed by atoms with van der Waals surface area (Å²) in [6, 6.07) is 4.87. The van der Waals surface area contributed by atoms with Crippen LogP contribution < -0.4 is 15.4 Å². The van der Waals surface area contributed by atoms with E-state index in [1.54, 1.807) is 12.1 Å². The van der Waals surface area contributed by atoms with Crippen LogP contribution in [0.15, 0.2) is 18.2 Å². The number of carbonyl (C=O) groups excluding carboxylic acids is 1. The first kappa shape index (κ1) is 13.8. The van der Waals surface area contributed by atoms with Gasteiger partial charge in [-0.1, -0.05) is 13.0 Å². The summed E-state index contributed by atoms with van der Waals surface area (Å²) >= 11 is 0. The number of urea groups is 1. The number of carbonyl (C=O) groups is 2. The zero-order chi connectivity index (χ0) is 13.5. The Morgan fingerprint density at radius 1 is 1.39 bits per heavy atom. The molecule has 2 amide bonds. The van der Waals surface area contributed by atoms with Gasteiger partial charge in [0, 0.05) is 0 Å². The Morgan fingerprint density at radius 2 is 2.11 bits per heavy atom. The molecule has 0 aliphatic heterocycles. The molecular weight excluding hydrogens is 236 g/mol. The maximum absolute atomic E-state index is 11.4. The summed E-state index contributed by atoms with van der Waals surface area (Å²) in [5, 5.41) is 13.2. The van der Waals surface area contributed by atoms with Crippen LogP contribution in [0, 0.1) is 0 Å². The first-order valence-electron chi connectivity index (χ1n) is 5.50. The van der Waals surface area contributed by atoms with Gasteiger partial charge in [-0.05, 0) is 24.1 Å². The maximum Gasteiger partial charge on any atom is 0.323 e. The first-order chi connectivity index (χ1) is 8.56. The molecule has 0 fully saturated rings. The number of methoxy groups -OCH3 is 1. The second-order valence-electron chi connectivity index (χ2n) is 3.59. The number of rotatable bonds is 5. The highest BCUT2D eigenvalue weighted by atomic mass is 16.5. The summed E-state index contributed by atoms with van der Waals surface area (Å²) in [5.41, 5.74) is 1.56. The molecule has 0 spiro atoms. The number of carboxylic acids is 1. The fourth-order valence-corrected chi connectivity index (χ4v) is 1.40. The van der Waals surface area contributed by atoms with E-state index in [0.717, 1.165) is 12.0 Å². The van der Waals surface area contributed by atoms with E-state index in [9.17, 15) is 9.59 Å². The number of hydrogen-bond donors (Lipinski definition) is 3. The molecule has 98 valence electrons. The Hall–Kier alpha value is -2.24. The molecule has 0 aromatic heterocycles. The Morgan fingerprint density at radius 3 is 2.67 bits per heavy atom. The summed E-state index contributed by atoms with van der Waals surface area (Å²) in [5.74, 6) is -0.572. The van der Waals surface area contributed by atoms with Crippen molar-refractivity contribution >= 4 is 17.7 Å². The molecule has 1 aromatic carbocycles. The van der Waals surface area contributed by atoms with E-state index < -0.39 is 18.5 Å². The van der Waals surface area contributed by atoms with Gasteiger partial charge in [0.15, 0.2) is 0 Å². The number of benzene rings is 1. The van der Waals surface area contributed by atoms with E-state index in [4.69, 9.17) is 9.84 Å². The highest BCUT2D eigenvalue weighted by Crippen LogP contribution is 2.25. The van der Waals surface area contributed by atoms with Gasteiger partial charge in [0.05, 0.1) is 12.8 Å². The van der Waals surface area contributed by atoms with Crippen LogP contribution in [0.2, 0.25) is 0 Å². The average Bonchev–Trinajstić information content (AvgIpc) is 2.36. The molecule has 0 aliphatic carbocycles. The minimum atomic E-state index is -1.10. The lowest BCUT2D eigenvalue weighted by Crippen LogP contribution is -2.33. The summed E-state index contributed by atoms with van der Waals surface area (Å²) < 4.78 is 5.11. The minimum Gasteiger partial charge on any atom is -0.495 e. The van der Waals surface area contributed by atoms with Crippen molar-refractivity contribution in [3.8, 4) is 5.75 Å². The van der Waals surface area contributed by atoms with Gasteiger partial charge in [0.1, 0.15) is 12.3 Å². The highest BCUT2D eigenvalue weighted by molar-refractivity contribution is 5.92. The molecule has 0 radical (unpaired) electrons. The quantitative estimate of drug-likeness (QED) is 0.740. The normalized spacial score (nSPS) is 9.67. The molecule has 0 saturated heterocycles. The van der Waals surface area contributed by atoms with Gasteiger partial charge < -0.3 is 20.5 Å². The lowest BCUT2D eigenvalue weighted by molar-refractivity contribution is -0.135. The van der Waals surface area contributed by atoms with E-state index >= 15 is 0 Å². The van der Waals surface area contributed by atoms with Crippen LogP contribution >= 0.6 is 0 Å². The minimum absolute atomic E-state index is 0.429. The number of hydrogen-bond acceptors (Lipinski definition) is 3. The van der Waals surface area contributed by atoms with Crippen molar-refractivity contribution < 1.29 is 19.4 Å². The van der Waals surface area contributed by atoms with Crippen molar-refractivity contribution in [2.24, 2.45) is 0 Å². The zero-order valence-corrected chi connectivity index (χ0v) is 10.3.